The van der Waals surface area contributed by atoms with Crippen molar-refractivity contribution < 1.29 is 18.4 Å². The van der Waals surface area contributed by atoms with Crippen molar-refractivity contribution in [1.82, 2.24) is 0 Å². The molecule has 4 nitrogen and oxygen atoms in total. The summed E-state index contributed by atoms with van der Waals surface area (Å²) >= 11 is 0. The van der Waals surface area contributed by atoms with Gasteiger partial charge in [0.05, 0.1) is 6.54 Å². The number of rotatable bonds is 7. The Morgan fingerprint density at radius 1 is 1.07 bits per heavy atom. The first-order chi connectivity index (χ1) is 6.62. The lowest BCUT2D eigenvalue weighted by molar-refractivity contribution is 0.000527. The third kappa shape index (κ3) is 7.28. The fraction of sp³-hybridized carbons (Fsp3) is 0.750. The van der Waals surface area contributed by atoms with E-state index in [0.29, 0.717) is 6.42 Å². The van der Waals surface area contributed by atoms with Crippen LogP contribution in [0.4, 0.5) is 8.78 Å². The Morgan fingerprint density at radius 2 is 1.71 bits per heavy atom. The number of hydrogen-bond donors (Lipinski definition) is 0. The number of unbranched alkanes of at least 4 members (excludes halogenated alkanes) is 1. The van der Waals surface area contributed by atoms with Crippen molar-refractivity contribution in [3.63, 3.8) is 0 Å². The van der Waals surface area contributed by atoms with E-state index in [1.807, 2.05) is 0 Å². The monoisotopic (exact) mass is 204 g/mol. The second-order valence-corrected chi connectivity index (χ2v) is 2.69. The van der Waals surface area contributed by atoms with Crippen LogP contribution in [0.3, 0.4) is 0 Å². The SMILES string of the molecule is O=C=NCCCCC(F)(F)CN=C=O. The minimum absolute atomic E-state index is 0.205. The summed E-state index contributed by atoms with van der Waals surface area (Å²) in [6, 6.07) is 0. The molecule has 6 heteroatoms. The Balaban J connectivity index is 3.64. The molecule has 0 bridgehead atoms. The van der Waals surface area contributed by atoms with Crippen LogP contribution in [0.1, 0.15) is 19.3 Å². The molecule has 0 aliphatic carbocycles. The van der Waals surface area contributed by atoms with E-state index >= 15 is 0 Å². The standard InChI is InChI=1S/C8H10F2N2O2/c9-8(10,5-12-7-14)3-1-2-4-11-6-13/h1-5H2. The quantitative estimate of drug-likeness (QED) is 0.358. The van der Waals surface area contributed by atoms with Crippen molar-refractivity contribution in [2.24, 2.45) is 9.98 Å². The van der Waals surface area contributed by atoms with Crippen LogP contribution in [0.5, 0.6) is 0 Å². The first-order valence-corrected chi connectivity index (χ1v) is 4.07. The Bertz CT molecular complexity index is 256. The Labute approximate surface area is 79.7 Å². The van der Waals surface area contributed by atoms with Crippen LogP contribution in [-0.4, -0.2) is 31.2 Å². The maximum absolute atomic E-state index is 12.7. The molecule has 0 heterocycles. The highest BCUT2D eigenvalue weighted by atomic mass is 19.3. The van der Waals surface area contributed by atoms with E-state index < -0.39 is 12.5 Å². The lowest BCUT2D eigenvalue weighted by atomic mass is 10.1. The number of isocyanates is 2. The molecule has 0 N–H and O–H groups in total. The first-order valence-electron chi connectivity index (χ1n) is 4.07. The van der Waals surface area contributed by atoms with E-state index in [-0.39, 0.29) is 19.4 Å². The fourth-order valence-corrected chi connectivity index (χ4v) is 0.847. The van der Waals surface area contributed by atoms with Gasteiger partial charge in [0, 0.05) is 6.42 Å². The molecule has 0 rings (SSSR count). The molecule has 0 spiro atoms. The summed E-state index contributed by atoms with van der Waals surface area (Å²) < 4.78 is 25.5. The number of carbonyl (C=O) groups excluding carboxylic acids is 2. The minimum Gasteiger partial charge on any atom is -0.211 e. The van der Waals surface area contributed by atoms with Gasteiger partial charge in [-0.05, 0) is 12.8 Å². The van der Waals surface area contributed by atoms with Crippen LogP contribution in [0, 0.1) is 0 Å². The lowest BCUT2D eigenvalue weighted by Crippen LogP contribution is -2.20. The summed E-state index contributed by atoms with van der Waals surface area (Å²) in [6.45, 7) is -0.621. The molecule has 14 heavy (non-hydrogen) atoms. The van der Waals surface area contributed by atoms with Gasteiger partial charge < -0.3 is 0 Å². The van der Waals surface area contributed by atoms with Crippen molar-refractivity contribution in [2.45, 2.75) is 25.2 Å². The molecule has 0 fully saturated rings. The second kappa shape index (κ2) is 7.06. The number of nitrogens with zero attached hydrogens (tertiary/aromatic N) is 2. The Morgan fingerprint density at radius 3 is 2.29 bits per heavy atom. The molecular weight excluding hydrogens is 194 g/mol. The van der Waals surface area contributed by atoms with Crippen molar-refractivity contribution in [2.75, 3.05) is 13.1 Å². The molecular formula is C8H10F2N2O2. The fourth-order valence-electron chi connectivity index (χ4n) is 0.847. The summed E-state index contributed by atoms with van der Waals surface area (Å²) in [5.74, 6) is -2.97. The summed E-state index contributed by atoms with van der Waals surface area (Å²) in [5, 5.41) is 0. The highest BCUT2D eigenvalue weighted by Gasteiger charge is 2.27. The molecule has 0 aromatic heterocycles. The van der Waals surface area contributed by atoms with E-state index in [4.69, 9.17) is 0 Å². The van der Waals surface area contributed by atoms with E-state index in [9.17, 15) is 18.4 Å². The highest BCUT2D eigenvalue weighted by molar-refractivity contribution is 5.33. The van der Waals surface area contributed by atoms with Crippen LogP contribution in [0.2, 0.25) is 0 Å². The van der Waals surface area contributed by atoms with Crippen molar-refractivity contribution >= 4 is 12.2 Å². The molecule has 0 radical (unpaired) electrons. The van der Waals surface area contributed by atoms with Crippen molar-refractivity contribution in [3.05, 3.63) is 0 Å². The molecule has 0 aromatic rings. The van der Waals surface area contributed by atoms with E-state index in [1.54, 1.807) is 0 Å². The maximum Gasteiger partial charge on any atom is 0.268 e. The van der Waals surface area contributed by atoms with E-state index in [0.717, 1.165) is 6.08 Å². The minimum atomic E-state index is -2.97. The van der Waals surface area contributed by atoms with Gasteiger partial charge in [-0.1, -0.05) is 0 Å². The van der Waals surface area contributed by atoms with E-state index in [1.165, 1.54) is 6.08 Å². The van der Waals surface area contributed by atoms with Crippen LogP contribution >= 0.6 is 0 Å². The molecule has 0 amide bonds. The maximum atomic E-state index is 12.7. The van der Waals surface area contributed by atoms with Gasteiger partial charge in [0.1, 0.15) is 6.54 Å². The first kappa shape index (κ1) is 12.6. The molecule has 78 valence electrons. The van der Waals surface area contributed by atoms with Gasteiger partial charge in [-0.15, -0.1) is 0 Å². The average Bonchev–Trinajstić information content (AvgIpc) is 2.15. The molecule has 0 aliphatic heterocycles. The molecule has 0 atom stereocenters. The summed E-state index contributed by atoms with van der Waals surface area (Å²) in [6.07, 6.45) is 2.64. The highest BCUT2D eigenvalue weighted by Crippen LogP contribution is 2.21. The van der Waals surface area contributed by atoms with Crippen molar-refractivity contribution in [1.29, 1.82) is 0 Å². The Hall–Kier alpha value is -1.38. The van der Waals surface area contributed by atoms with Gasteiger partial charge in [-0.25, -0.2) is 23.4 Å². The van der Waals surface area contributed by atoms with Crippen LogP contribution in [-0.2, 0) is 9.59 Å². The summed E-state index contributed by atoms with van der Waals surface area (Å²) in [5.41, 5.74) is 0. The van der Waals surface area contributed by atoms with Crippen LogP contribution in [0.15, 0.2) is 9.98 Å². The smallest absolute Gasteiger partial charge is 0.211 e. The van der Waals surface area contributed by atoms with Gasteiger partial charge in [-0.3, -0.25) is 0 Å². The summed E-state index contributed by atoms with van der Waals surface area (Å²) in [7, 11) is 0. The predicted molar refractivity (Wildman–Crippen MR) is 44.8 cm³/mol. The molecule has 0 saturated carbocycles. The summed E-state index contributed by atoms with van der Waals surface area (Å²) in [4.78, 5) is 25.2. The third-order valence-electron chi connectivity index (χ3n) is 1.50. The van der Waals surface area contributed by atoms with Gasteiger partial charge in [0.2, 0.25) is 12.2 Å². The number of hydrogen-bond acceptors (Lipinski definition) is 4. The number of aliphatic imine (C=N–C) groups is 2. The lowest BCUT2D eigenvalue weighted by Gasteiger charge is -2.11. The zero-order valence-corrected chi connectivity index (χ0v) is 7.50. The topological polar surface area (TPSA) is 58.9 Å². The predicted octanol–water partition coefficient (Wildman–Crippen LogP) is 1.46. The molecule has 0 unspecified atom stereocenters. The zero-order chi connectivity index (χ0) is 10.9. The normalized spacial score (nSPS) is 10.1. The third-order valence-corrected chi connectivity index (χ3v) is 1.50. The number of halogens is 2. The molecule has 0 aliphatic rings. The van der Waals surface area contributed by atoms with Gasteiger partial charge in [-0.2, -0.15) is 4.99 Å². The second-order valence-electron chi connectivity index (χ2n) is 2.69. The van der Waals surface area contributed by atoms with E-state index in [2.05, 4.69) is 9.98 Å². The largest absolute Gasteiger partial charge is 0.268 e. The molecule has 0 saturated heterocycles. The zero-order valence-electron chi connectivity index (χ0n) is 7.50. The van der Waals surface area contributed by atoms with Crippen LogP contribution < -0.4 is 0 Å². The average molecular weight is 204 g/mol. The Kier molecular flexibility index (Phi) is 6.37. The number of alkyl halides is 2. The van der Waals surface area contributed by atoms with Gasteiger partial charge in [0.15, 0.2) is 0 Å². The van der Waals surface area contributed by atoms with Gasteiger partial charge in [0.25, 0.3) is 5.92 Å². The van der Waals surface area contributed by atoms with Crippen LogP contribution in [0.25, 0.3) is 0 Å². The van der Waals surface area contributed by atoms with Crippen molar-refractivity contribution in [3.8, 4) is 0 Å². The van der Waals surface area contributed by atoms with Gasteiger partial charge >= 0.3 is 0 Å². The molecule has 0 aromatic carbocycles.